The quantitative estimate of drug-likeness (QED) is 0.765. The van der Waals surface area contributed by atoms with Crippen LogP contribution in [0.2, 0.25) is 0 Å². The van der Waals surface area contributed by atoms with Gasteiger partial charge in [0.1, 0.15) is 12.4 Å². The van der Waals surface area contributed by atoms with Gasteiger partial charge >= 0.3 is 0 Å². The number of nitrogens with two attached hydrogens (primary N) is 1. The van der Waals surface area contributed by atoms with E-state index < -0.39 is 13.0 Å². The number of ether oxygens (including phenoxy) is 1. The number of nitrogen functional groups attached to an aromatic ring is 1. The monoisotopic (exact) mass is 230 g/mol. The fourth-order valence-corrected chi connectivity index (χ4v) is 1.12. The third kappa shape index (κ3) is 3.08. The molecule has 0 saturated heterocycles. The normalized spacial score (nSPS) is 10.2. The lowest BCUT2D eigenvalue weighted by Crippen LogP contribution is -2.18. The van der Waals surface area contributed by atoms with Crippen LogP contribution in [-0.4, -0.2) is 26.0 Å². The van der Waals surface area contributed by atoms with Gasteiger partial charge in [0.25, 0.3) is 12.3 Å². The Labute approximate surface area is 91.4 Å². The van der Waals surface area contributed by atoms with Crippen molar-refractivity contribution in [1.29, 1.82) is 0 Å². The number of carbonyl (C=O) groups is 1. The summed E-state index contributed by atoms with van der Waals surface area (Å²) in [6.07, 6.45) is -2.56. The maximum absolute atomic E-state index is 11.9. The molecular formula is C10H12F2N2O2. The molecule has 3 N–H and O–H groups in total. The first-order valence-electron chi connectivity index (χ1n) is 4.57. The van der Waals surface area contributed by atoms with Crippen molar-refractivity contribution in [3.63, 3.8) is 0 Å². The van der Waals surface area contributed by atoms with E-state index in [4.69, 9.17) is 10.5 Å². The van der Waals surface area contributed by atoms with Gasteiger partial charge in [-0.05, 0) is 18.2 Å². The van der Waals surface area contributed by atoms with E-state index in [1.165, 1.54) is 25.2 Å². The van der Waals surface area contributed by atoms with Crippen LogP contribution in [0.25, 0.3) is 0 Å². The van der Waals surface area contributed by atoms with E-state index in [-0.39, 0.29) is 17.3 Å². The molecule has 4 nitrogen and oxygen atoms in total. The Balaban J connectivity index is 2.79. The maximum Gasteiger partial charge on any atom is 0.272 e. The molecule has 0 unspecified atom stereocenters. The molecule has 1 rings (SSSR count). The van der Waals surface area contributed by atoms with Crippen molar-refractivity contribution < 1.29 is 18.3 Å². The highest BCUT2D eigenvalue weighted by atomic mass is 19.3. The Morgan fingerprint density at radius 2 is 2.25 bits per heavy atom. The van der Waals surface area contributed by atoms with Gasteiger partial charge in [-0.3, -0.25) is 4.79 Å². The van der Waals surface area contributed by atoms with Gasteiger partial charge in [-0.1, -0.05) is 0 Å². The largest absolute Gasteiger partial charge is 0.485 e. The first-order valence-corrected chi connectivity index (χ1v) is 4.57. The zero-order chi connectivity index (χ0) is 12.1. The van der Waals surface area contributed by atoms with Crippen LogP contribution in [0.4, 0.5) is 14.5 Å². The minimum absolute atomic E-state index is 0.146. The number of halogens is 2. The van der Waals surface area contributed by atoms with E-state index >= 15 is 0 Å². The molecule has 88 valence electrons. The number of alkyl halides is 2. The average molecular weight is 230 g/mol. The van der Waals surface area contributed by atoms with Gasteiger partial charge in [-0.25, -0.2) is 8.78 Å². The predicted molar refractivity (Wildman–Crippen MR) is 55.7 cm³/mol. The summed E-state index contributed by atoms with van der Waals surface area (Å²) in [4.78, 5) is 11.2. The molecular weight excluding hydrogens is 218 g/mol. The molecule has 1 aromatic carbocycles. The second kappa shape index (κ2) is 5.29. The molecule has 0 radical (unpaired) electrons. The second-order valence-corrected chi connectivity index (χ2v) is 3.03. The molecule has 0 spiro atoms. The van der Waals surface area contributed by atoms with Crippen molar-refractivity contribution in [2.24, 2.45) is 0 Å². The number of nitrogens with one attached hydrogen (secondary N) is 1. The number of amides is 1. The summed E-state index contributed by atoms with van der Waals surface area (Å²) in [5, 5.41) is 2.42. The summed E-state index contributed by atoms with van der Waals surface area (Å²) in [5.41, 5.74) is 6.06. The fourth-order valence-electron chi connectivity index (χ4n) is 1.12. The van der Waals surface area contributed by atoms with E-state index in [1.54, 1.807) is 0 Å². The van der Waals surface area contributed by atoms with Gasteiger partial charge in [0, 0.05) is 12.6 Å². The van der Waals surface area contributed by atoms with Gasteiger partial charge < -0.3 is 15.8 Å². The number of hydrogen-bond acceptors (Lipinski definition) is 3. The SMILES string of the molecule is CNC(=O)c1ccc(OCC(F)F)c(N)c1. The Morgan fingerprint density at radius 1 is 1.56 bits per heavy atom. The van der Waals surface area contributed by atoms with Crippen LogP contribution >= 0.6 is 0 Å². The average Bonchev–Trinajstić information content (AvgIpc) is 2.26. The standard InChI is InChI=1S/C10H12F2N2O2/c1-14-10(15)6-2-3-8(7(13)4-6)16-5-9(11)12/h2-4,9H,5,13H2,1H3,(H,14,15). The first kappa shape index (κ1) is 12.2. The molecule has 0 saturated carbocycles. The Hall–Kier alpha value is -1.85. The molecule has 0 fully saturated rings. The summed E-state index contributed by atoms with van der Waals surface area (Å²) < 4.78 is 28.5. The van der Waals surface area contributed by atoms with Crippen molar-refractivity contribution in [3.8, 4) is 5.75 Å². The predicted octanol–water partition coefficient (Wildman–Crippen LogP) is 1.27. The van der Waals surface area contributed by atoms with Crippen molar-refractivity contribution in [1.82, 2.24) is 5.32 Å². The van der Waals surface area contributed by atoms with Crippen LogP contribution in [0.1, 0.15) is 10.4 Å². The van der Waals surface area contributed by atoms with Crippen LogP contribution in [0.5, 0.6) is 5.75 Å². The number of carbonyl (C=O) groups excluding carboxylic acids is 1. The number of hydrogen-bond donors (Lipinski definition) is 2. The second-order valence-electron chi connectivity index (χ2n) is 3.03. The van der Waals surface area contributed by atoms with E-state index in [0.717, 1.165) is 0 Å². The highest BCUT2D eigenvalue weighted by Crippen LogP contribution is 2.22. The van der Waals surface area contributed by atoms with Crippen molar-refractivity contribution in [2.75, 3.05) is 19.4 Å². The highest BCUT2D eigenvalue weighted by Gasteiger charge is 2.09. The Morgan fingerprint density at radius 3 is 2.75 bits per heavy atom. The first-order chi connectivity index (χ1) is 7.54. The third-order valence-electron chi connectivity index (χ3n) is 1.86. The number of benzene rings is 1. The molecule has 0 heterocycles. The number of anilines is 1. The lowest BCUT2D eigenvalue weighted by molar-refractivity contribution is 0.0822. The molecule has 0 bridgehead atoms. The Kier molecular flexibility index (Phi) is 4.04. The molecule has 1 amide bonds. The summed E-state index contributed by atoms with van der Waals surface area (Å²) in [6.45, 7) is -0.719. The molecule has 0 aliphatic rings. The van der Waals surface area contributed by atoms with Crippen molar-refractivity contribution in [2.45, 2.75) is 6.43 Å². The highest BCUT2D eigenvalue weighted by molar-refractivity contribution is 5.95. The van der Waals surface area contributed by atoms with Crippen LogP contribution in [0.3, 0.4) is 0 Å². The van der Waals surface area contributed by atoms with Crippen molar-refractivity contribution >= 4 is 11.6 Å². The summed E-state index contributed by atoms with van der Waals surface area (Å²) >= 11 is 0. The van der Waals surface area contributed by atoms with E-state index in [1.807, 2.05) is 0 Å². The molecule has 0 aliphatic heterocycles. The molecule has 16 heavy (non-hydrogen) atoms. The molecule has 6 heteroatoms. The summed E-state index contributed by atoms with van der Waals surface area (Å²) in [6, 6.07) is 4.22. The zero-order valence-electron chi connectivity index (χ0n) is 8.67. The molecule has 1 aromatic rings. The van der Waals surface area contributed by atoms with E-state index in [2.05, 4.69) is 5.32 Å². The summed E-state index contributed by atoms with van der Waals surface area (Å²) in [7, 11) is 1.49. The third-order valence-corrected chi connectivity index (χ3v) is 1.86. The van der Waals surface area contributed by atoms with Gasteiger partial charge in [0.15, 0.2) is 0 Å². The lowest BCUT2D eigenvalue weighted by Gasteiger charge is -2.09. The minimum atomic E-state index is -2.56. The van der Waals surface area contributed by atoms with E-state index in [0.29, 0.717) is 5.56 Å². The van der Waals surface area contributed by atoms with Crippen LogP contribution in [0.15, 0.2) is 18.2 Å². The fraction of sp³-hybridized carbons (Fsp3) is 0.300. The summed E-state index contributed by atoms with van der Waals surface area (Å²) in [5.74, 6) is -0.153. The van der Waals surface area contributed by atoms with Gasteiger partial charge in [-0.15, -0.1) is 0 Å². The van der Waals surface area contributed by atoms with Crippen LogP contribution < -0.4 is 15.8 Å². The van der Waals surface area contributed by atoms with Gasteiger partial charge in [0.2, 0.25) is 0 Å². The van der Waals surface area contributed by atoms with Crippen LogP contribution in [-0.2, 0) is 0 Å². The Bertz CT molecular complexity index is 383. The van der Waals surface area contributed by atoms with Gasteiger partial charge in [0.05, 0.1) is 5.69 Å². The smallest absolute Gasteiger partial charge is 0.272 e. The lowest BCUT2D eigenvalue weighted by atomic mass is 10.2. The molecule has 0 aliphatic carbocycles. The maximum atomic E-state index is 11.9. The molecule has 0 atom stereocenters. The zero-order valence-corrected chi connectivity index (χ0v) is 8.67. The van der Waals surface area contributed by atoms with E-state index in [9.17, 15) is 13.6 Å². The van der Waals surface area contributed by atoms with Gasteiger partial charge in [-0.2, -0.15) is 0 Å². The molecule has 0 aromatic heterocycles. The minimum Gasteiger partial charge on any atom is -0.485 e. The van der Waals surface area contributed by atoms with Crippen molar-refractivity contribution in [3.05, 3.63) is 23.8 Å². The topological polar surface area (TPSA) is 64.3 Å². The van der Waals surface area contributed by atoms with Crippen LogP contribution in [0, 0.1) is 0 Å². The number of rotatable bonds is 4.